The Morgan fingerprint density at radius 1 is 1.25 bits per heavy atom. The Labute approximate surface area is 95.1 Å². The van der Waals surface area contributed by atoms with E-state index in [0.717, 1.165) is 6.42 Å². The van der Waals surface area contributed by atoms with Crippen LogP contribution >= 0.6 is 0 Å². The number of anilines is 1. The van der Waals surface area contributed by atoms with Gasteiger partial charge in [0.05, 0.1) is 18.9 Å². The van der Waals surface area contributed by atoms with Gasteiger partial charge in [0.15, 0.2) is 0 Å². The van der Waals surface area contributed by atoms with Crippen LogP contribution in [0.25, 0.3) is 0 Å². The molecule has 90 valence electrons. The summed E-state index contributed by atoms with van der Waals surface area (Å²) in [5.74, 6) is -0.353. The molecular weight excluding hydrogens is 209 g/mol. The summed E-state index contributed by atoms with van der Waals surface area (Å²) in [6.07, 6.45) is 0.890. The van der Waals surface area contributed by atoms with Crippen molar-refractivity contribution < 1.29 is 14.6 Å². The number of aliphatic hydroxyl groups is 2. The van der Waals surface area contributed by atoms with Crippen LogP contribution in [-0.4, -0.2) is 29.9 Å². The molecule has 0 atom stereocenters. The van der Waals surface area contributed by atoms with Gasteiger partial charge in [0, 0.05) is 13.1 Å². The van der Waals surface area contributed by atoms with Gasteiger partial charge in [-0.25, -0.2) is 4.39 Å². The van der Waals surface area contributed by atoms with Crippen molar-refractivity contribution in [3.63, 3.8) is 0 Å². The molecule has 0 aliphatic rings. The maximum absolute atomic E-state index is 13.7. The molecule has 4 heteroatoms. The molecule has 0 unspecified atom stereocenters. The average Bonchev–Trinajstić information content (AvgIpc) is 2.29. The van der Waals surface area contributed by atoms with Crippen LogP contribution in [0.5, 0.6) is 0 Å². The molecule has 0 saturated heterocycles. The van der Waals surface area contributed by atoms with Gasteiger partial charge >= 0.3 is 0 Å². The zero-order valence-corrected chi connectivity index (χ0v) is 9.49. The number of hydrogen-bond donors (Lipinski definition) is 2. The molecule has 1 aromatic rings. The van der Waals surface area contributed by atoms with E-state index in [2.05, 4.69) is 0 Å². The Kier molecular flexibility index (Phi) is 5.22. The Bertz CT molecular complexity index is 325. The molecule has 0 aliphatic carbocycles. The van der Waals surface area contributed by atoms with Crippen molar-refractivity contribution in [2.45, 2.75) is 20.0 Å². The molecule has 0 amide bonds. The van der Waals surface area contributed by atoms with E-state index in [-0.39, 0.29) is 19.0 Å². The van der Waals surface area contributed by atoms with Crippen LogP contribution < -0.4 is 4.90 Å². The molecular formula is C12H18FNO2. The van der Waals surface area contributed by atoms with E-state index >= 15 is 0 Å². The fourth-order valence-electron chi connectivity index (χ4n) is 1.65. The standard InChI is InChI=1S/C12H18FNO2/c1-2-5-14(6-7-15)12-4-3-10(9-16)8-11(12)13/h3-4,8,15-16H,2,5-7,9H2,1H3. The van der Waals surface area contributed by atoms with E-state index in [1.54, 1.807) is 17.0 Å². The van der Waals surface area contributed by atoms with Crippen LogP contribution in [-0.2, 0) is 6.61 Å². The quantitative estimate of drug-likeness (QED) is 0.774. The van der Waals surface area contributed by atoms with Crippen molar-refractivity contribution in [1.82, 2.24) is 0 Å². The number of hydrogen-bond acceptors (Lipinski definition) is 3. The Morgan fingerprint density at radius 2 is 2.00 bits per heavy atom. The van der Waals surface area contributed by atoms with Crippen molar-refractivity contribution >= 4 is 5.69 Å². The van der Waals surface area contributed by atoms with Gasteiger partial charge in [-0.15, -0.1) is 0 Å². The third-order valence-corrected chi connectivity index (χ3v) is 2.40. The van der Waals surface area contributed by atoms with Gasteiger partial charge in [0.2, 0.25) is 0 Å². The van der Waals surface area contributed by atoms with Crippen LogP contribution in [0.15, 0.2) is 18.2 Å². The molecule has 1 rings (SSSR count). The lowest BCUT2D eigenvalue weighted by Crippen LogP contribution is -2.28. The molecule has 16 heavy (non-hydrogen) atoms. The highest BCUT2D eigenvalue weighted by atomic mass is 19.1. The normalized spacial score (nSPS) is 10.5. The smallest absolute Gasteiger partial charge is 0.146 e. The maximum Gasteiger partial charge on any atom is 0.146 e. The fourth-order valence-corrected chi connectivity index (χ4v) is 1.65. The molecule has 1 aromatic carbocycles. The van der Waals surface area contributed by atoms with E-state index < -0.39 is 0 Å². The van der Waals surface area contributed by atoms with Gasteiger partial charge in [0.1, 0.15) is 5.82 Å². The Hall–Kier alpha value is -1.13. The number of nitrogens with zero attached hydrogens (tertiary/aromatic N) is 1. The zero-order valence-electron chi connectivity index (χ0n) is 9.49. The predicted octanol–water partition coefficient (Wildman–Crippen LogP) is 1.53. The second kappa shape index (κ2) is 6.45. The van der Waals surface area contributed by atoms with E-state index in [4.69, 9.17) is 10.2 Å². The first-order chi connectivity index (χ1) is 7.72. The summed E-state index contributed by atoms with van der Waals surface area (Å²) in [4.78, 5) is 1.80. The lowest BCUT2D eigenvalue weighted by molar-refractivity contribution is 0.281. The van der Waals surface area contributed by atoms with Crippen molar-refractivity contribution in [3.05, 3.63) is 29.6 Å². The molecule has 0 radical (unpaired) electrons. The minimum absolute atomic E-state index is 0.00118. The SMILES string of the molecule is CCCN(CCO)c1ccc(CO)cc1F. The molecule has 3 nitrogen and oxygen atoms in total. The summed E-state index contributed by atoms with van der Waals surface area (Å²) in [5, 5.41) is 17.8. The summed E-state index contributed by atoms with van der Waals surface area (Å²) in [7, 11) is 0. The Balaban J connectivity index is 2.90. The van der Waals surface area contributed by atoms with Crippen LogP contribution in [0.2, 0.25) is 0 Å². The zero-order chi connectivity index (χ0) is 12.0. The summed E-state index contributed by atoms with van der Waals surface area (Å²) < 4.78 is 13.7. The van der Waals surface area contributed by atoms with E-state index in [0.29, 0.717) is 24.3 Å². The maximum atomic E-state index is 13.7. The number of rotatable bonds is 6. The fraction of sp³-hybridized carbons (Fsp3) is 0.500. The summed E-state index contributed by atoms with van der Waals surface area (Å²) in [6.45, 7) is 2.97. The lowest BCUT2D eigenvalue weighted by Gasteiger charge is -2.24. The van der Waals surface area contributed by atoms with Crippen molar-refractivity contribution in [2.75, 3.05) is 24.6 Å². The molecule has 0 heterocycles. The molecule has 0 saturated carbocycles. The second-order valence-electron chi connectivity index (χ2n) is 3.65. The van der Waals surface area contributed by atoms with E-state index in [1.165, 1.54) is 6.07 Å². The number of benzene rings is 1. The second-order valence-corrected chi connectivity index (χ2v) is 3.65. The monoisotopic (exact) mass is 227 g/mol. The van der Waals surface area contributed by atoms with Crippen LogP contribution in [0, 0.1) is 5.82 Å². The van der Waals surface area contributed by atoms with Gasteiger partial charge < -0.3 is 15.1 Å². The van der Waals surface area contributed by atoms with Gasteiger partial charge in [-0.2, -0.15) is 0 Å². The third kappa shape index (κ3) is 3.18. The highest BCUT2D eigenvalue weighted by Crippen LogP contribution is 2.20. The van der Waals surface area contributed by atoms with E-state index in [9.17, 15) is 4.39 Å². The predicted molar refractivity (Wildman–Crippen MR) is 61.9 cm³/mol. The lowest BCUT2D eigenvalue weighted by atomic mass is 10.2. The molecule has 0 fully saturated rings. The van der Waals surface area contributed by atoms with Crippen molar-refractivity contribution in [3.8, 4) is 0 Å². The van der Waals surface area contributed by atoms with E-state index in [1.807, 2.05) is 6.92 Å². The average molecular weight is 227 g/mol. The molecule has 0 bridgehead atoms. The first-order valence-electron chi connectivity index (χ1n) is 5.48. The highest BCUT2D eigenvalue weighted by Gasteiger charge is 2.10. The Morgan fingerprint density at radius 3 is 2.50 bits per heavy atom. The van der Waals surface area contributed by atoms with Crippen LogP contribution in [0.1, 0.15) is 18.9 Å². The first-order valence-corrected chi connectivity index (χ1v) is 5.48. The third-order valence-electron chi connectivity index (χ3n) is 2.40. The van der Waals surface area contributed by atoms with Crippen LogP contribution in [0.3, 0.4) is 0 Å². The molecule has 2 N–H and O–H groups in total. The van der Waals surface area contributed by atoms with Crippen molar-refractivity contribution in [2.24, 2.45) is 0 Å². The largest absolute Gasteiger partial charge is 0.395 e. The summed E-state index contributed by atoms with van der Waals surface area (Å²) in [5.41, 5.74) is 1.04. The summed E-state index contributed by atoms with van der Waals surface area (Å²) >= 11 is 0. The highest BCUT2D eigenvalue weighted by molar-refractivity contribution is 5.49. The van der Waals surface area contributed by atoms with Gasteiger partial charge in [0.25, 0.3) is 0 Å². The van der Waals surface area contributed by atoms with Gasteiger partial charge in [-0.1, -0.05) is 13.0 Å². The number of halogens is 1. The topological polar surface area (TPSA) is 43.7 Å². The van der Waals surface area contributed by atoms with Crippen LogP contribution in [0.4, 0.5) is 10.1 Å². The summed E-state index contributed by atoms with van der Waals surface area (Å²) in [6, 6.07) is 4.67. The number of aliphatic hydroxyl groups excluding tert-OH is 2. The molecule has 0 spiro atoms. The van der Waals surface area contributed by atoms with Gasteiger partial charge in [-0.05, 0) is 24.1 Å². The van der Waals surface area contributed by atoms with Gasteiger partial charge in [-0.3, -0.25) is 0 Å². The molecule has 0 aromatic heterocycles. The first kappa shape index (κ1) is 12.9. The minimum Gasteiger partial charge on any atom is -0.395 e. The minimum atomic E-state index is -0.353. The molecule has 0 aliphatic heterocycles. The van der Waals surface area contributed by atoms with Crippen molar-refractivity contribution in [1.29, 1.82) is 0 Å².